The van der Waals surface area contributed by atoms with Crippen LogP contribution in [0.15, 0.2) is 47.6 Å². The molecule has 0 fully saturated rings. The van der Waals surface area contributed by atoms with E-state index in [1.54, 1.807) is 13.0 Å². The molecule has 0 saturated carbocycles. The number of hydrogen-bond donors (Lipinski definition) is 1. The standard InChI is InChI=1S/C16H12F4N4O2S/c1-9-4-11(8-22-7-9)24-13(6-15(23-24)16(18,19)20)10-2-3-14(12(17)5-10)27(21,25)26/h2-8H,1H3,(H2,21,25,26). The number of halogens is 4. The molecule has 0 radical (unpaired) electrons. The fraction of sp³-hybridized carbons (Fsp3) is 0.125. The third-order valence-electron chi connectivity index (χ3n) is 3.64. The molecular weight excluding hydrogens is 388 g/mol. The van der Waals surface area contributed by atoms with E-state index >= 15 is 0 Å². The van der Waals surface area contributed by atoms with Gasteiger partial charge in [-0.15, -0.1) is 0 Å². The average molecular weight is 400 g/mol. The van der Waals surface area contributed by atoms with Crippen LogP contribution in [0.2, 0.25) is 0 Å². The Balaban J connectivity index is 2.23. The van der Waals surface area contributed by atoms with Gasteiger partial charge in [0, 0.05) is 11.8 Å². The molecule has 0 spiro atoms. The molecule has 3 aromatic rings. The van der Waals surface area contributed by atoms with Crippen LogP contribution in [0.3, 0.4) is 0 Å². The predicted octanol–water partition coefficient (Wildman–Crippen LogP) is 3.05. The number of hydrogen-bond acceptors (Lipinski definition) is 4. The zero-order chi connectivity index (χ0) is 20.0. The Hall–Kier alpha value is -2.79. The van der Waals surface area contributed by atoms with Gasteiger partial charge in [-0.25, -0.2) is 22.6 Å². The number of alkyl halides is 3. The maximum absolute atomic E-state index is 14.1. The monoisotopic (exact) mass is 400 g/mol. The Kier molecular flexibility index (Phi) is 4.52. The van der Waals surface area contributed by atoms with Crippen molar-refractivity contribution < 1.29 is 26.0 Å². The molecule has 2 N–H and O–H groups in total. The van der Waals surface area contributed by atoms with Gasteiger partial charge in [0.25, 0.3) is 0 Å². The minimum absolute atomic E-state index is 0.00981. The van der Waals surface area contributed by atoms with Crippen LogP contribution in [-0.4, -0.2) is 23.2 Å². The van der Waals surface area contributed by atoms with Crippen molar-refractivity contribution in [3.8, 4) is 16.9 Å². The molecular formula is C16H12F4N4O2S. The lowest BCUT2D eigenvalue weighted by molar-refractivity contribution is -0.141. The molecule has 6 nitrogen and oxygen atoms in total. The van der Waals surface area contributed by atoms with Crippen molar-refractivity contribution in [1.82, 2.24) is 14.8 Å². The number of benzene rings is 1. The van der Waals surface area contributed by atoms with Gasteiger partial charge in [-0.1, -0.05) is 6.07 Å². The highest BCUT2D eigenvalue weighted by Gasteiger charge is 2.35. The molecule has 1 aromatic carbocycles. The lowest BCUT2D eigenvalue weighted by atomic mass is 10.1. The van der Waals surface area contributed by atoms with Crippen molar-refractivity contribution in [1.29, 1.82) is 0 Å². The number of rotatable bonds is 3. The molecule has 0 unspecified atom stereocenters. The first-order chi connectivity index (χ1) is 12.5. The van der Waals surface area contributed by atoms with E-state index in [9.17, 15) is 26.0 Å². The lowest BCUT2D eigenvalue weighted by Crippen LogP contribution is -2.14. The fourth-order valence-corrected chi connectivity index (χ4v) is 3.06. The molecule has 2 heterocycles. The van der Waals surface area contributed by atoms with Crippen molar-refractivity contribution in [2.75, 3.05) is 0 Å². The van der Waals surface area contributed by atoms with E-state index in [0.717, 1.165) is 28.9 Å². The van der Waals surface area contributed by atoms with Gasteiger partial charge >= 0.3 is 6.18 Å². The molecule has 11 heteroatoms. The van der Waals surface area contributed by atoms with Crippen molar-refractivity contribution in [3.63, 3.8) is 0 Å². The molecule has 0 amide bonds. The second-order valence-corrected chi connectivity index (χ2v) is 7.26. The summed E-state index contributed by atoms with van der Waals surface area (Å²) in [5.74, 6) is -1.18. The predicted molar refractivity (Wildman–Crippen MR) is 87.9 cm³/mol. The molecule has 3 rings (SSSR count). The van der Waals surface area contributed by atoms with Crippen LogP contribution in [0.25, 0.3) is 16.9 Å². The highest BCUT2D eigenvalue weighted by Crippen LogP contribution is 2.34. The number of aromatic nitrogens is 3. The summed E-state index contributed by atoms with van der Waals surface area (Å²) < 4.78 is 77.2. The number of sulfonamides is 1. The van der Waals surface area contributed by atoms with Gasteiger partial charge in [0.05, 0.1) is 17.6 Å². The molecule has 0 atom stereocenters. The summed E-state index contributed by atoms with van der Waals surface area (Å²) in [6.45, 7) is 1.70. The molecule has 0 aliphatic heterocycles. The molecule has 2 aromatic heterocycles. The van der Waals surface area contributed by atoms with E-state index in [1.165, 1.54) is 12.4 Å². The Bertz CT molecular complexity index is 1120. The van der Waals surface area contributed by atoms with Crippen LogP contribution in [0.5, 0.6) is 0 Å². The SMILES string of the molecule is Cc1cncc(-n2nc(C(F)(F)F)cc2-c2ccc(S(N)(=O)=O)c(F)c2)c1. The Morgan fingerprint density at radius 1 is 1.11 bits per heavy atom. The van der Waals surface area contributed by atoms with E-state index in [0.29, 0.717) is 5.56 Å². The Labute approximate surface area is 151 Å². The van der Waals surface area contributed by atoms with Crippen molar-refractivity contribution in [2.45, 2.75) is 18.0 Å². The zero-order valence-corrected chi connectivity index (χ0v) is 14.5. The van der Waals surface area contributed by atoms with Crippen LogP contribution in [-0.2, 0) is 16.2 Å². The highest BCUT2D eigenvalue weighted by atomic mass is 32.2. The number of primary sulfonamides is 1. The quantitative estimate of drug-likeness (QED) is 0.684. The molecule has 0 bridgehead atoms. The summed E-state index contributed by atoms with van der Waals surface area (Å²) in [7, 11) is -4.31. The van der Waals surface area contributed by atoms with E-state index in [1.807, 2.05) is 0 Å². The van der Waals surface area contributed by atoms with Crippen LogP contribution < -0.4 is 5.14 Å². The number of pyridine rings is 1. The second kappa shape index (κ2) is 6.43. The molecule has 0 aliphatic carbocycles. The third-order valence-corrected chi connectivity index (χ3v) is 4.58. The van der Waals surface area contributed by atoms with Crippen LogP contribution >= 0.6 is 0 Å². The van der Waals surface area contributed by atoms with Crippen molar-refractivity contribution >= 4 is 10.0 Å². The number of nitrogens with two attached hydrogens (primary N) is 1. The Morgan fingerprint density at radius 3 is 2.37 bits per heavy atom. The van der Waals surface area contributed by atoms with Gasteiger partial charge in [-0.2, -0.15) is 18.3 Å². The van der Waals surface area contributed by atoms with Crippen LogP contribution in [0.4, 0.5) is 17.6 Å². The normalized spacial score (nSPS) is 12.4. The Morgan fingerprint density at radius 2 is 1.81 bits per heavy atom. The maximum Gasteiger partial charge on any atom is 0.435 e. The average Bonchev–Trinajstić information content (AvgIpc) is 2.99. The second-order valence-electron chi connectivity index (χ2n) is 5.74. The summed E-state index contributed by atoms with van der Waals surface area (Å²) >= 11 is 0. The largest absolute Gasteiger partial charge is 0.435 e. The van der Waals surface area contributed by atoms with E-state index in [-0.39, 0.29) is 16.9 Å². The zero-order valence-electron chi connectivity index (χ0n) is 13.7. The highest BCUT2D eigenvalue weighted by molar-refractivity contribution is 7.89. The van der Waals surface area contributed by atoms with Gasteiger partial charge in [0.2, 0.25) is 10.0 Å². The topological polar surface area (TPSA) is 90.9 Å². The van der Waals surface area contributed by atoms with Crippen LogP contribution in [0, 0.1) is 12.7 Å². The van der Waals surface area contributed by atoms with Gasteiger partial charge in [0.1, 0.15) is 10.7 Å². The van der Waals surface area contributed by atoms with Gasteiger partial charge in [-0.3, -0.25) is 4.98 Å². The first-order valence-electron chi connectivity index (χ1n) is 7.39. The lowest BCUT2D eigenvalue weighted by Gasteiger charge is -2.09. The summed E-state index contributed by atoms with van der Waals surface area (Å²) in [6, 6.07) is 5.13. The van der Waals surface area contributed by atoms with Crippen molar-refractivity contribution in [3.05, 3.63) is 59.8 Å². The molecule has 142 valence electrons. The number of aryl methyl sites for hydroxylation is 1. The van der Waals surface area contributed by atoms with Gasteiger partial charge < -0.3 is 0 Å². The van der Waals surface area contributed by atoms with E-state index < -0.39 is 32.6 Å². The van der Waals surface area contributed by atoms with E-state index in [2.05, 4.69) is 10.1 Å². The number of nitrogens with zero attached hydrogens (tertiary/aromatic N) is 3. The summed E-state index contributed by atoms with van der Waals surface area (Å²) in [6.07, 6.45) is -1.91. The summed E-state index contributed by atoms with van der Waals surface area (Å²) in [4.78, 5) is 3.16. The van der Waals surface area contributed by atoms with Crippen LogP contribution in [0.1, 0.15) is 11.3 Å². The minimum Gasteiger partial charge on any atom is -0.262 e. The minimum atomic E-state index is -4.73. The van der Waals surface area contributed by atoms with Gasteiger partial charge in [0.15, 0.2) is 5.69 Å². The summed E-state index contributed by atoms with van der Waals surface area (Å²) in [5.41, 5.74) is -0.372. The molecule has 27 heavy (non-hydrogen) atoms. The maximum atomic E-state index is 14.1. The van der Waals surface area contributed by atoms with Gasteiger partial charge in [-0.05, 0) is 36.8 Å². The van der Waals surface area contributed by atoms with Crippen molar-refractivity contribution in [2.24, 2.45) is 5.14 Å². The summed E-state index contributed by atoms with van der Waals surface area (Å²) in [5, 5.41) is 8.46. The first kappa shape index (κ1) is 19.0. The molecule has 0 aliphatic rings. The third kappa shape index (κ3) is 3.83. The first-order valence-corrected chi connectivity index (χ1v) is 8.93. The fourth-order valence-electron chi connectivity index (χ4n) is 2.47. The molecule has 0 saturated heterocycles. The van der Waals surface area contributed by atoms with E-state index in [4.69, 9.17) is 5.14 Å². The smallest absolute Gasteiger partial charge is 0.262 e.